The Labute approximate surface area is 183 Å². The van der Waals surface area contributed by atoms with E-state index in [4.69, 9.17) is 4.74 Å². The van der Waals surface area contributed by atoms with E-state index < -0.39 is 17.4 Å². The number of aliphatic hydroxyl groups is 1. The number of hydrogen-bond donors (Lipinski definition) is 2. The average Bonchev–Trinajstić information content (AvgIpc) is 2.68. The lowest BCUT2D eigenvalue weighted by atomic mass is 9.77. The summed E-state index contributed by atoms with van der Waals surface area (Å²) in [5.74, 6) is 0. The van der Waals surface area contributed by atoms with Gasteiger partial charge in [-0.25, -0.2) is 4.79 Å². The first-order chi connectivity index (χ1) is 13.6. The van der Waals surface area contributed by atoms with Gasteiger partial charge in [-0.1, -0.05) is 23.3 Å². The van der Waals surface area contributed by atoms with E-state index in [-0.39, 0.29) is 17.1 Å². The van der Waals surface area contributed by atoms with Gasteiger partial charge in [-0.3, -0.25) is 4.90 Å². The maximum absolute atomic E-state index is 12.9. The zero-order valence-electron chi connectivity index (χ0n) is 20.7. The Morgan fingerprint density at radius 3 is 2.17 bits per heavy atom. The lowest BCUT2D eigenvalue weighted by Crippen LogP contribution is -2.66. The van der Waals surface area contributed by atoms with Crippen LogP contribution in [0.4, 0.5) is 4.79 Å². The SMILES string of the molecule is CC(C)=CCC/C(C)=C/CC[C@]1(C)OC(=O)N(C2CC(C)(C)NC(C)(C)C2)[C@@]1(C)O. The Bertz CT molecular complexity index is 685. The highest BCUT2D eigenvalue weighted by atomic mass is 16.6. The van der Waals surface area contributed by atoms with Crippen molar-refractivity contribution in [2.24, 2.45) is 0 Å². The Morgan fingerprint density at radius 2 is 1.63 bits per heavy atom. The van der Waals surface area contributed by atoms with Gasteiger partial charge in [0.1, 0.15) is 0 Å². The maximum atomic E-state index is 12.9. The van der Waals surface area contributed by atoms with Gasteiger partial charge in [0.2, 0.25) is 0 Å². The molecule has 0 aromatic rings. The summed E-state index contributed by atoms with van der Waals surface area (Å²) in [7, 11) is 0. The van der Waals surface area contributed by atoms with Crippen LogP contribution in [-0.2, 0) is 4.74 Å². The number of hydrogen-bond acceptors (Lipinski definition) is 4. The van der Waals surface area contributed by atoms with Crippen LogP contribution in [0.3, 0.4) is 0 Å². The minimum atomic E-state index is -1.35. The summed E-state index contributed by atoms with van der Waals surface area (Å²) in [4.78, 5) is 14.5. The Kier molecular flexibility index (Phi) is 7.20. The predicted molar refractivity (Wildman–Crippen MR) is 123 cm³/mol. The van der Waals surface area contributed by atoms with E-state index in [2.05, 4.69) is 65.9 Å². The van der Waals surface area contributed by atoms with Crippen molar-refractivity contribution in [3.05, 3.63) is 23.3 Å². The molecule has 0 aromatic carbocycles. The lowest BCUT2D eigenvalue weighted by Gasteiger charge is -2.51. The third-order valence-corrected chi connectivity index (χ3v) is 6.72. The van der Waals surface area contributed by atoms with Gasteiger partial charge in [0.05, 0.1) is 0 Å². The Hall–Kier alpha value is -1.33. The molecule has 2 atom stereocenters. The molecule has 5 heteroatoms. The molecule has 0 aromatic heterocycles. The van der Waals surface area contributed by atoms with Crippen molar-refractivity contribution in [1.82, 2.24) is 10.2 Å². The number of cyclic esters (lactones) is 1. The van der Waals surface area contributed by atoms with Crippen molar-refractivity contribution < 1.29 is 14.6 Å². The molecule has 2 heterocycles. The fourth-order valence-corrected chi connectivity index (χ4v) is 5.30. The van der Waals surface area contributed by atoms with Gasteiger partial charge in [-0.2, -0.15) is 0 Å². The molecule has 2 fully saturated rings. The van der Waals surface area contributed by atoms with E-state index in [0.29, 0.717) is 6.42 Å². The van der Waals surface area contributed by atoms with E-state index in [9.17, 15) is 9.90 Å². The van der Waals surface area contributed by atoms with E-state index in [1.807, 2.05) is 6.92 Å². The molecule has 2 N–H and O–H groups in total. The van der Waals surface area contributed by atoms with Crippen molar-refractivity contribution in [3.8, 4) is 0 Å². The average molecular weight is 421 g/mol. The number of piperidine rings is 1. The summed E-state index contributed by atoms with van der Waals surface area (Å²) >= 11 is 0. The highest BCUT2D eigenvalue weighted by Crippen LogP contribution is 2.45. The molecular weight excluding hydrogens is 376 g/mol. The monoisotopic (exact) mass is 420 g/mol. The summed E-state index contributed by atoms with van der Waals surface area (Å²) in [5, 5.41) is 15.2. The van der Waals surface area contributed by atoms with Crippen molar-refractivity contribution in [2.75, 3.05) is 0 Å². The number of carbonyl (C=O) groups excluding carboxylic acids is 1. The highest BCUT2D eigenvalue weighted by Gasteiger charge is 2.61. The summed E-state index contributed by atoms with van der Waals surface area (Å²) in [5.41, 5.74) is 0.161. The van der Waals surface area contributed by atoms with E-state index in [1.54, 1.807) is 11.8 Å². The molecule has 30 heavy (non-hydrogen) atoms. The van der Waals surface area contributed by atoms with Crippen LogP contribution in [-0.4, -0.2) is 44.5 Å². The molecule has 2 saturated heterocycles. The molecule has 2 aliphatic rings. The molecule has 0 bridgehead atoms. The standard InChI is InChI=1S/C25H44N2O3/c1-18(2)12-10-13-19(3)14-11-15-24(8)25(9,29)27(21(28)30-24)20-16-22(4,5)26-23(6,7)17-20/h12,14,20,26,29H,10-11,13,15-17H2,1-9H3/b19-14+/t24-,25-/m0/s1. The maximum Gasteiger partial charge on any atom is 0.413 e. The Balaban J connectivity index is 2.10. The minimum Gasteiger partial charge on any atom is -0.438 e. The second kappa shape index (κ2) is 8.66. The van der Waals surface area contributed by atoms with Gasteiger partial charge < -0.3 is 15.2 Å². The zero-order chi connectivity index (χ0) is 23.0. The smallest absolute Gasteiger partial charge is 0.413 e. The molecule has 0 aliphatic carbocycles. The van der Waals surface area contributed by atoms with Gasteiger partial charge >= 0.3 is 6.09 Å². The van der Waals surface area contributed by atoms with Crippen LogP contribution in [0.2, 0.25) is 0 Å². The fraction of sp³-hybridized carbons (Fsp3) is 0.800. The van der Waals surface area contributed by atoms with E-state index >= 15 is 0 Å². The second-order valence-electron chi connectivity index (χ2n) is 11.4. The first-order valence-electron chi connectivity index (χ1n) is 11.4. The van der Waals surface area contributed by atoms with Crippen LogP contribution in [0, 0.1) is 0 Å². The van der Waals surface area contributed by atoms with Crippen LogP contribution in [0.5, 0.6) is 0 Å². The molecule has 0 spiro atoms. The fourth-order valence-electron chi connectivity index (χ4n) is 5.30. The molecular formula is C25H44N2O3. The number of amides is 1. The molecule has 0 unspecified atom stereocenters. The van der Waals surface area contributed by atoms with E-state index in [1.165, 1.54) is 11.1 Å². The van der Waals surface area contributed by atoms with Crippen LogP contribution < -0.4 is 5.32 Å². The molecule has 1 amide bonds. The topological polar surface area (TPSA) is 61.8 Å². The summed E-state index contributed by atoms with van der Waals surface area (Å²) in [6.45, 7) is 18.6. The third-order valence-electron chi connectivity index (χ3n) is 6.72. The number of nitrogens with zero attached hydrogens (tertiary/aromatic N) is 1. The molecule has 2 rings (SSSR count). The Morgan fingerprint density at radius 1 is 1.07 bits per heavy atom. The van der Waals surface area contributed by atoms with Gasteiger partial charge in [-0.15, -0.1) is 0 Å². The lowest BCUT2D eigenvalue weighted by molar-refractivity contribution is -0.154. The van der Waals surface area contributed by atoms with Gasteiger partial charge in [-0.05, 0) is 101 Å². The number of allylic oxidation sites excluding steroid dienone is 4. The van der Waals surface area contributed by atoms with Crippen molar-refractivity contribution in [1.29, 1.82) is 0 Å². The number of nitrogens with one attached hydrogen (secondary N) is 1. The van der Waals surface area contributed by atoms with Gasteiger partial charge in [0.25, 0.3) is 0 Å². The van der Waals surface area contributed by atoms with Gasteiger partial charge in [0, 0.05) is 17.1 Å². The summed E-state index contributed by atoms with van der Waals surface area (Å²) in [6.07, 6.45) is 9.08. The second-order valence-corrected chi connectivity index (χ2v) is 11.4. The quantitative estimate of drug-likeness (QED) is 0.520. The van der Waals surface area contributed by atoms with Crippen molar-refractivity contribution in [3.63, 3.8) is 0 Å². The summed E-state index contributed by atoms with van der Waals surface area (Å²) in [6, 6.07) is -0.0677. The molecule has 5 nitrogen and oxygen atoms in total. The number of ether oxygens (including phenoxy) is 1. The number of carbonyl (C=O) groups is 1. The number of rotatable bonds is 7. The minimum absolute atomic E-state index is 0.0677. The van der Waals surface area contributed by atoms with Crippen LogP contribution in [0.1, 0.15) is 101 Å². The zero-order valence-corrected chi connectivity index (χ0v) is 20.7. The highest BCUT2D eigenvalue weighted by molar-refractivity contribution is 5.72. The predicted octanol–water partition coefficient (Wildman–Crippen LogP) is 5.69. The van der Waals surface area contributed by atoms with Crippen molar-refractivity contribution >= 4 is 6.09 Å². The van der Waals surface area contributed by atoms with Crippen LogP contribution in [0.25, 0.3) is 0 Å². The van der Waals surface area contributed by atoms with Crippen LogP contribution >= 0.6 is 0 Å². The molecule has 0 radical (unpaired) electrons. The largest absolute Gasteiger partial charge is 0.438 e. The van der Waals surface area contributed by atoms with Gasteiger partial charge in [0.15, 0.2) is 11.3 Å². The first-order valence-corrected chi connectivity index (χ1v) is 11.4. The first kappa shape index (κ1) is 24.9. The van der Waals surface area contributed by atoms with Crippen molar-refractivity contribution in [2.45, 2.75) is 129 Å². The normalized spacial score (nSPS) is 31.6. The molecule has 2 aliphatic heterocycles. The molecule has 0 saturated carbocycles. The molecule has 172 valence electrons. The third kappa shape index (κ3) is 5.67. The van der Waals surface area contributed by atoms with Crippen LogP contribution in [0.15, 0.2) is 23.3 Å². The van der Waals surface area contributed by atoms with E-state index in [0.717, 1.165) is 32.1 Å². The summed E-state index contributed by atoms with van der Waals surface area (Å²) < 4.78 is 5.84.